The summed E-state index contributed by atoms with van der Waals surface area (Å²) in [6.07, 6.45) is 2.42. The van der Waals surface area contributed by atoms with Gasteiger partial charge in [0.15, 0.2) is 0 Å². The molecule has 0 bridgehead atoms. The number of halogens is 2. The van der Waals surface area contributed by atoms with Gasteiger partial charge in [0.25, 0.3) is 0 Å². The number of carbonyl (C=O) groups excluding carboxylic acids is 1. The zero-order chi connectivity index (χ0) is 13.8. The molecule has 1 atom stereocenters. The monoisotopic (exact) mass is 362 g/mol. The molecule has 0 spiro atoms. The van der Waals surface area contributed by atoms with Crippen LogP contribution in [0.1, 0.15) is 18.4 Å². The van der Waals surface area contributed by atoms with Gasteiger partial charge in [-0.25, -0.2) is 0 Å². The SMILES string of the molecule is COc1ccc(CC(=O)N2CCC[C@H](N)C2)cc1Br.Cl. The summed E-state index contributed by atoms with van der Waals surface area (Å²) >= 11 is 3.43. The molecule has 0 aromatic heterocycles. The number of benzene rings is 1. The molecule has 1 aliphatic heterocycles. The van der Waals surface area contributed by atoms with Crippen molar-refractivity contribution in [1.29, 1.82) is 0 Å². The lowest BCUT2D eigenvalue weighted by atomic mass is 10.1. The normalized spacial score (nSPS) is 18.4. The predicted molar refractivity (Wildman–Crippen MR) is 85.4 cm³/mol. The fourth-order valence-electron chi connectivity index (χ4n) is 2.34. The van der Waals surface area contributed by atoms with Gasteiger partial charge < -0.3 is 15.4 Å². The van der Waals surface area contributed by atoms with Crippen LogP contribution in [0.5, 0.6) is 5.75 Å². The van der Waals surface area contributed by atoms with Crippen molar-refractivity contribution in [3.63, 3.8) is 0 Å². The highest BCUT2D eigenvalue weighted by Crippen LogP contribution is 2.26. The smallest absolute Gasteiger partial charge is 0.227 e. The number of nitrogens with zero attached hydrogens (tertiary/aromatic N) is 1. The fourth-order valence-corrected chi connectivity index (χ4v) is 2.93. The largest absolute Gasteiger partial charge is 0.496 e. The first-order valence-electron chi connectivity index (χ1n) is 6.46. The minimum absolute atomic E-state index is 0. The average Bonchev–Trinajstić information content (AvgIpc) is 2.39. The highest BCUT2D eigenvalue weighted by Gasteiger charge is 2.21. The van der Waals surface area contributed by atoms with E-state index in [-0.39, 0.29) is 24.4 Å². The van der Waals surface area contributed by atoms with E-state index < -0.39 is 0 Å². The van der Waals surface area contributed by atoms with Crippen LogP contribution in [0.4, 0.5) is 0 Å². The Balaban J connectivity index is 0.00000200. The van der Waals surface area contributed by atoms with Gasteiger partial charge in [0, 0.05) is 19.1 Å². The van der Waals surface area contributed by atoms with Crippen LogP contribution in [0.3, 0.4) is 0 Å². The summed E-state index contributed by atoms with van der Waals surface area (Å²) in [7, 11) is 1.63. The number of hydrogen-bond acceptors (Lipinski definition) is 3. The zero-order valence-electron chi connectivity index (χ0n) is 11.5. The summed E-state index contributed by atoms with van der Waals surface area (Å²) in [6, 6.07) is 5.85. The van der Waals surface area contributed by atoms with Crippen LogP contribution >= 0.6 is 28.3 Å². The van der Waals surface area contributed by atoms with Crippen LogP contribution in [0, 0.1) is 0 Å². The number of carbonyl (C=O) groups is 1. The zero-order valence-corrected chi connectivity index (χ0v) is 13.9. The van der Waals surface area contributed by atoms with E-state index in [2.05, 4.69) is 15.9 Å². The Bertz CT molecular complexity index is 470. The molecule has 1 saturated heterocycles. The minimum atomic E-state index is 0. The molecule has 0 unspecified atom stereocenters. The lowest BCUT2D eigenvalue weighted by Gasteiger charge is -2.30. The standard InChI is InChI=1S/C14H19BrN2O2.ClH/c1-19-13-5-4-10(7-12(13)15)8-14(18)17-6-2-3-11(16)9-17;/h4-5,7,11H,2-3,6,8-9,16H2,1H3;1H/t11-;/m0./s1. The van der Waals surface area contributed by atoms with Crippen molar-refractivity contribution in [2.24, 2.45) is 5.73 Å². The van der Waals surface area contributed by atoms with Crippen LogP contribution in [0.2, 0.25) is 0 Å². The second-order valence-corrected chi connectivity index (χ2v) is 5.74. The number of rotatable bonds is 3. The van der Waals surface area contributed by atoms with Gasteiger partial charge in [0.05, 0.1) is 18.0 Å². The van der Waals surface area contributed by atoms with Crippen molar-refractivity contribution < 1.29 is 9.53 Å². The van der Waals surface area contributed by atoms with Gasteiger partial charge in [-0.2, -0.15) is 0 Å². The summed E-state index contributed by atoms with van der Waals surface area (Å²) in [5.41, 5.74) is 6.88. The number of hydrogen-bond donors (Lipinski definition) is 1. The Morgan fingerprint density at radius 3 is 2.90 bits per heavy atom. The number of methoxy groups -OCH3 is 1. The quantitative estimate of drug-likeness (QED) is 0.897. The first-order valence-corrected chi connectivity index (χ1v) is 7.25. The van der Waals surface area contributed by atoms with Gasteiger partial charge in [-0.15, -0.1) is 12.4 Å². The molecule has 1 fully saturated rings. The van der Waals surface area contributed by atoms with Gasteiger partial charge >= 0.3 is 0 Å². The Morgan fingerprint density at radius 2 is 2.30 bits per heavy atom. The van der Waals surface area contributed by atoms with Gasteiger partial charge in [-0.1, -0.05) is 6.07 Å². The maximum absolute atomic E-state index is 12.2. The molecule has 1 aromatic rings. The molecule has 4 nitrogen and oxygen atoms in total. The first-order chi connectivity index (χ1) is 9.10. The van der Waals surface area contributed by atoms with E-state index in [9.17, 15) is 4.79 Å². The highest BCUT2D eigenvalue weighted by atomic mass is 79.9. The number of likely N-dealkylation sites (tertiary alicyclic amines) is 1. The van der Waals surface area contributed by atoms with E-state index in [1.54, 1.807) is 7.11 Å². The van der Waals surface area contributed by atoms with Crippen molar-refractivity contribution in [3.8, 4) is 5.75 Å². The van der Waals surface area contributed by atoms with E-state index in [4.69, 9.17) is 10.5 Å². The van der Waals surface area contributed by atoms with Crippen LogP contribution < -0.4 is 10.5 Å². The van der Waals surface area contributed by atoms with Crippen LogP contribution in [-0.4, -0.2) is 37.0 Å². The highest BCUT2D eigenvalue weighted by molar-refractivity contribution is 9.10. The lowest BCUT2D eigenvalue weighted by molar-refractivity contribution is -0.131. The maximum atomic E-state index is 12.2. The van der Waals surface area contributed by atoms with Crippen LogP contribution in [-0.2, 0) is 11.2 Å². The summed E-state index contributed by atoms with van der Waals surface area (Å²) in [5.74, 6) is 0.920. The number of amides is 1. The molecule has 2 N–H and O–H groups in total. The van der Waals surface area contributed by atoms with Crippen molar-refractivity contribution >= 4 is 34.2 Å². The minimum Gasteiger partial charge on any atom is -0.496 e. The summed E-state index contributed by atoms with van der Waals surface area (Å²) < 4.78 is 6.05. The number of piperidine rings is 1. The van der Waals surface area contributed by atoms with Crippen LogP contribution in [0.25, 0.3) is 0 Å². The van der Waals surface area contributed by atoms with Gasteiger partial charge in [-0.05, 0) is 46.5 Å². The van der Waals surface area contributed by atoms with E-state index in [1.807, 2.05) is 23.1 Å². The second kappa shape index (κ2) is 7.86. The molecule has 112 valence electrons. The molecule has 2 rings (SSSR count). The van der Waals surface area contributed by atoms with E-state index in [1.165, 1.54) is 0 Å². The topological polar surface area (TPSA) is 55.6 Å². The van der Waals surface area contributed by atoms with Crippen molar-refractivity contribution in [3.05, 3.63) is 28.2 Å². The van der Waals surface area contributed by atoms with Crippen molar-refractivity contribution in [2.45, 2.75) is 25.3 Å². The number of ether oxygens (including phenoxy) is 1. The van der Waals surface area contributed by atoms with Gasteiger partial charge in [0.1, 0.15) is 5.75 Å². The summed E-state index contributed by atoms with van der Waals surface area (Å²) in [5, 5.41) is 0. The van der Waals surface area contributed by atoms with Crippen LogP contribution in [0.15, 0.2) is 22.7 Å². The Labute approximate surface area is 134 Å². The van der Waals surface area contributed by atoms with Gasteiger partial charge in [-0.3, -0.25) is 4.79 Å². The molecule has 0 saturated carbocycles. The second-order valence-electron chi connectivity index (χ2n) is 4.89. The van der Waals surface area contributed by atoms with Gasteiger partial charge in [0.2, 0.25) is 5.91 Å². The third-order valence-corrected chi connectivity index (χ3v) is 4.00. The molecular weight excluding hydrogens is 344 g/mol. The summed E-state index contributed by atoms with van der Waals surface area (Å²) in [6.45, 7) is 1.50. The first kappa shape index (κ1) is 17.3. The van der Waals surface area contributed by atoms with Crippen molar-refractivity contribution in [2.75, 3.05) is 20.2 Å². The summed E-state index contributed by atoms with van der Waals surface area (Å²) in [4.78, 5) is 14.1. The lowest BCUT2D eigenvalue weighted by Crippen LogP contribution is -2.46. The molecule has 20 heavy (non-hydrogen) atoms. The molecule has 0 radical (unpaired) electrons. The average molecular weight is 364 g/mol. The number of nitrogens with two attached hydrogens (primary N) is 1. The van der Waals surface area contributed by atoms with E-state index >= 15 is 0 Å². The molecule has 6 heteroatoms. The molecule has 1 aliphatic rings. The Kier molecular flexibility index (Phi) is 6.79. The molecular formula is C14H20BrClN2O2. The fraction of sp³-hybridized carbons (Fsp3) is 0.500. The molecule has 1 amide bonds. The molecule has 1 aromatic carbocycles. The Morgan fingerprint density at radius 1 is 1.55 bits per heavy atom. The van der Waals surface area contributed by atoms with E-state index in [0.29, 0.717) is 13.0 Å². The Hall–Kier alpha value is -0.780. The maximum Gasteiger partial charge on any atom is 0.227 e. The predicted octanol–water partition coefficient (Wildman–Crippen LogP) is 2.37. The third-order valence-electron chi connectivity index (χ3n) is 3.38. The van der Waals surface area contributed by atoms with Crippen molar-refractivity contribution in [1.82, 2.24) is 4.90 Å². The molecule has 1 heterocycles. The molecule has 0 aliphatic carbocycles. The third kappa shape index (κ3) is 4.36. The van der Waals surface area contributed by atoms with E-state index in [0.717, 1.165) is 35.2 Å².